The van der Waals surface area contributed by atoms with Crippen LogP contribution in [0.25, 0.3) is 0 Å². The number of nitrogens with zero attached hydrogens (tertiary/aromatic N) is 2. The van der Waals surface area contributed by atoms with Crippen LogP contribution in [0.15, 0.2) is 23.6 Å². The van der Waals surface area contributed by atoms with Crippen molar-refractivity contribution < 1.29 is 19.0 Å². The highest BCUT2D eigenvalue weighted by atomic mass is 35.5. The number of halogens is 1. The summed E-state index contributed by atoms with van der Waals surface area (Å²) in [5, 5.41) is 2.48. The molecule has 0 saturated heterocycles. The SMILES string of the molecule is COCCN(Cc1ccc2c(c1)OCO2)C(=O)c1csc(CN)n1.Cl. The Morgan fingerprint density at radius 1 is 1.40 bits per heavy atom. The average molecular weight is 386 g/mol. The maximum Gasteiger partial charge on any atom is 0.273 e. The summed E-state index contributed by atoms with van der Waals surface area (Å²) in [6.07, 6.45) is 0. The molecule has 2 aromatic rings. The molecule has 0 unspecified atom stereocenters. The van der Waals surface area contributed by atoms with Crippen LogP contribution in [0.5, 0.6) is 11.5 Å². The molecule has 0 atom stereocenters. The molecular formula is C16H20ClN3O4S. The van der Waals surface area contributed by atoms with Crippen LogP contribution in [0, 0.1) is 0 Å². The normalized spacial score (nSPS) is 11.9. The number of nitrogens with two attached hydrogens (primary N) is 1. The van der Waals surface area contributed by atoms with Crippen molar-refractivity contribution in [2.24, 2.45) is 5.73 Å². The number of hydrogen-bond acceptors (Lipinski definition) is 7. The quantitative estimate of drug-likeness (QED) is 0.784. The Balaban J connectivity index is 0.00000225. The van der Waals surface area contributed by atoms with Crippen LogP contribution < -0.4 is 15.2 Å². The molecule has 2 heterocycles. The van der Waals surface area contributed by atoms with Crippen molar-refractivity contribution in [3.63, 3.8) is 0 Å². The van der Waals surface area contributed by atoms with Gasteiger partial charge in [-0.3, -0.25) is 4.79 Å². The van der Waals surface area contributed by atoms with Crippen LogP contribution in [0.4, 0.5) is 0 Å². The van der Waals surface area contributed by atoms with Crippen LogP contribution in [0.3, 0.4) is 0 Å². The Hall–Kier alpha value is -1.87. The van der Waals surface area contributed by atoms with Gasteiger partial charge in [0.2, 0.25) is 6.79 Å². The summed E-state index contributed by atoms with van der Waals surface area (Å²) in [7, 11) is 1.61. The lowest BCUT2D eigenvalue weighted by molar-refractivity contribution is 0.0675. The van der Waals surface area contributed by atoms with Crippen molar-refractivity contribution >= 4 is 29.7 Å². The van der Waals surface area contributed by atoms with Gasteiger partial charge >= 0.3 is 0 Å². The predicted octanol–water partition coefficient (Wildman–Crippen LogP) is 2.04. The smallest absolute Gasteiger partial charge is 0.273 e. The zero-order valence-corrected chi connectivity index (χ0v) is 15.4. The molecule has 0 spiro atoms. The van der Waals surface area contributed by atoms with Gasteiger partial charge in [0.15, 0.2) is 11.5 Å². The molecule has 1 amide bonds. The highest BCUT2D eigenvalue weighted by molar-refractivity contribution is 7.09. The third kappa shape index (κ3) is 4.60. The van der Waals surface area contributed by atoms with Gasteiger partial charge in [-0.1, -0.05) is 6.07 Å². The van der Waals surface area contributed by atoms with E-state index in [-0.39, 0.29) is 25.1 Å². The molecule has 0 bridgehead atoms. The third-order valence-corrected chi connectivity index (χ3v) is 4.48. The van der Waals surface area contributed by atoms with Crippen LogP contribution in [0.1, 0.15) is 21.1 Å². The van der Waals surface area contributed by atoms with Gasteiger partial charge in [-0.15, -0.1) is 23.7 Å². The average Bonchev–Trinajstić information content (AvgIpc) is 3.26. The van der Waals surface area contributed by atoms with E-state index in [4.69, 9.17) is 19.9 Å². The van der Waals surface area contributed by atoms with Gasteiger partial charge in [0.25, 0.3) is 5.91 Å². The molecule has 1 aromatic heterocycles. The molecule has 1 aliphatic heterocycles. The van der Waals surface area contributed by atoms with E-state index in [1.165, 1.54) is 11.3 Å². The number of carbonyl (C=O) groups excluding carboxylic acids is 1. The number of thiazole rings is 1. The van der Waals surface area contributed by atoms with Crippen LogP contribution in [0.2, 0.25) is 0 Å². The summed E-state index contributed by atoms with van der Waals surface area (Å²) < 4.78 is 15.8. The topological polar surface area (TPSA) is 86.9 Å². The molecule has 0 aliphatic carbocycles. The molecule has 0 radical (unpaired) electrons. The van der Waals surface area contributed by atoms with Crippen molar-refractivity contribution in [1.82, 2.24) is 9.88 Å². The summed E-state index contributed by atoms with van der Waals surface area (Å²) >= 11 is 1.39. The lowest BCUT2D eigenvalue weighted by Gasteiger charge is -2.21. The first-order valence-corrected chi connectivity index (χ1v) is 8.40. The fourth-order valence-electron chi connectivity index (χ4n) is 2.38. The Morgan fingerprint density at radius 3 is 2.92 bits per heavy atom. The number of hydrogen-bond donors (Lipinski definition) is 1. The van der Waals surface area contributed by atoms with Gasteiger partial charge in [-0.05, 0) is 17.7 Å². The number of benzene rings is 1. The second-order valence-electron chi connectivity index (χ2n) is 5.24. The molecule has 9 heteroatoms. The second kappa shape index (κ2) is 9.00. The molecule has 2 N–H and O–H groups in total. The van der Waals surface area contributed by atoms with E-state index in [9.17, 15) is 4.79 Å². The minimum Gasteiger partial charge on any atom is -0.454 e. The van der Waals surface area contributed by atoms with Gasteiger partial charge in [0.05, 0.1) is 6.61 Å². The molecule has 136 valence electrons. The molecular weight excluding hydrogens is 366 g/mol. The molecule has 1 aromatic carbocycles. The predicted molar refractivity (Wildman–Crippen MR) is 96.4 cm³/mol. The van der Waals surface area contributed by atoms with E-state index in [1.54, 1.807) is 17.4 Å². The van der Waals surface area contributed by atoms with Crippen molar-refractivity contribution in [1.29, 1.82) is 0 Å². The molecule has 0 saturated carbocycles. The van der Waals surface area contributed by atoms with E-state index in [1.807, 2.05) is 18.2 Å². The molecule has 1 aliphatic rings. The van der Waals surface area contributed by atoms with E-state index < -0.39 is 0 Å². The fraction of sp³-hybridized carbons (Fsp3) is 0.375. The molecule has 7 nitrogen and oxygen atoms in total. The Bertz CT molecular complexity index is 725. The van der Waals surface area contributed by atoms with Gasteiger partial charge in [0, 0.05) is 32.1 Å². The van der Waals surface area contributed by atoms with E-state index >= 15 is 0 Å². The maximum absolute atomic E-state index is 12.7. The zero-order valence-electron chi connectivity index (χ0n) is 13.8. The van der Waals surface area contributed by atoms with Crippen molar-refractivity contribution in [3.05, 3.63) is 39.8 Å². The summed E-state index contributed by atoms with van der Waals surface area (Å²) in [6, 6.07) is 5.67. The number of rotatable bonds is 7. The minimum atomic E-state index is -0.138. The molecule has 0 fully saturated rings. The number of aromatic nitrogens is 1. The summed E-state index contributed by atoms with van der Waals surface area (Å²) in [5.74, 6) is 1.28. The van der Waals surface area contributed by atoms with Crippen molar-refractivity contribution in [2.75, 3.05) is 27.1 Å². The number of ether oxygens (including phenoxy) is 3. The largest absolute Gasteiger partial charge is 0.454 e. The van der Waals surface area contributed by atoms with Crippen LogP contribution >= 0.6 is 23.7 Å². The first kappa shape index (κ1) is 19.5. The van der Waals surface area contributed by atoms with Gasteiger partial charge < -0.3 is 24.8 Å². The van der Waals surface area contributed by atoms with Gasteiger partial charge in [-0.25, -0.2) is 4.98 Å². The third-order valence-electron chi connectivity index (χ3n) is 3.61. The summed E-state index contributed by atoms with van der Waals surface area (Å²) in [5.41, 5.74) is 6.94. The molecule has 3 rings (SSSR count). The zero-order chi connectivity index (χ0) is 16.9. The second-order valence-corrected chi connectivity index (χ2v) is 6.18. The standard InChI is InChI=1S/C16H19N3O4S.ClH/c1-21-5-4-19(16(20)12-9-24-15(7-17)18-12)8-11-2-3-13-14(6-11)23-10-22-13;/h2-3,6,9H,4-5,7-8,10,17H2,1H3;1H. The first-order chi connectivity index (χ1) is 11.7. The number of amides is 1. The fourth-order valence-corrected chi connectivity index (χ4v) is 3.03. The molecule has 25 heavy (non-hydrogen) atoms. The van der Waals surface area contributed by atoms with Crippen molar-refractivity contribution in [2.45, 2.75) is 13.1 Å². The summed E-state index contributed by atoms with van der Waals surface area (Å²) in [6.45, 7) is 1.92. The summed E-state index contributed by atoms with van der Waals surface area (Å²) in [4.78, 5) is 18.7. The van der Waals surface area contributed by atoms with E-state index in [2.05, 4.69) is 4.98 Å². The highest BCUT2D eigenvalue weighted by Gasteiger charge is 2.20. The van der Waals surface area contributed by atoms with Gasteiger partial charge in [0.1, 0.15) is 10.7 Å². The van der Waals surface area contributed by atoms with Crippen molar-refractivity contribution in [3.8, 4) is 11.5 Å². The lowest BCUT2D eigenvalue weighted by Crippen LogP contribution is -2.33. The lowest BCUT2D eigenvalue weighted by atomic mass is 10.2. The Labute approximate surface area is 156 Å². The monoisotopic (exact) mass is 385 g/mol. The number of methoxy groups -OCH3 is 1. The number of fused-ring (bicyclic) bond motifs is 1. The van der Waals surface area contributed by atoms with Crippen LogP contribution in [-0.4, -0.2) is 42.8 Å². The Kier molecular flexibility index (Phi) is 7.01. The van der Waals surface area contributed by atoms with E-state index in [0.29, 0.717) is 37.7 Å². The Morgan fingerprint density at radius 2 is 2.20 bits per heavy atom. The van der Waals surface area contributed by atoms with E-state index in [0.717, 1.165) is 16.3 Å². The van der Waals surface area contributed by atoms with Gasteiger partial charge in [-0.2, -0.15) is 0 Å². The maximum atomic E-state index is 12.7. The van der Waals surface area contributed by atoms with Crippen LogP contribution in [-0.2, 0) is 17.8 Å². The highest BCUT2D eigenvalue weighted by Crippen LogP contribution is 2.32. The first-order valence-electron chi connectivity index (χ1n) is 7.52. The minimum absolute atomic E-state index is 0. The number of carbonyl (C=O) groups is 1.